The number of likely N-dealkylation sites (N-methyl/N-ethyl adjacent to an activating group) is 2. The van der Waals surface area contributed by atoms with Crippen LogP contribution in [0.2, 0.25) is 0 Å². The van der Waals surface area contributed by atoms with Crippen LogP contribution in [0.15, 0.2) is 24.3 Å². The van der Waals surface area contributed by atoms with Crippen LogP contribution in [0.4, 0.5) is 11.4 Å². The number of benzene rings is 1. The van der Waals surface area contributed by atoms with E-state index in [-0.39, 0.29) is 0 Å². The van der Waals surface area contributed by atoms with Crippen molar-refractivity contribution in [1.82, 2.24) is 9.80 Å². The van der Waals surface area contributed by atoms with Gasteiger partial charge in [-0.25, -0.2) is 0 Å². The molecule has 0 saturated carbocycles. The minimum Gasteiger partial charge on any atom is -0.399 e. The molecule has 6 nitrogen and oxygen atoms in total. The van der Waals surface area contributed by atoms with Crippen LogP contribution < -0.4 is 10.6 Å². The lowest BCUT2D eigenvalue weighted by Gasteiger charge is -2.26. The molecule has 0 spiro atoms. The lowest BCUT2D eigenvalue weighted by molar-refractivity contribution is 0.382. The number of hydrogen-bond acceptors (Lipinski definition) is 5. The van der Waals surface area contributed by atoms with Crippen LogP contribution in [-0.2, 0) is 10.3 Å². The Morgan fingerprint density at radius 1 is 1.00 bits per heavy atom. The lowest BCUT2D eigenvalue weighted by Crippen LogP contribution is -2.38. The van der Waals surface area contributed by atoms with Gasteiger partial charge in [0, 0.05) is 44.1 Å². The van der Waals surface area contributed by atoms with Gasteiger partial charge in [-0.05, 0) is 38.4 Å². The zero-order valence-electron chi connectivity index (χ0n) is 12.5. The maximum atomic E-state index is 11.3. The van der Waals surface area contributed by atoms with Crippen LogP contribution >= 0.6 is 0 Å². The van der Waals surface area contributed by atoms with Crippen molar-refractivity contribution in [3.8, 4) is 0 Å². The van der Waals surface area contributed by atoms with Crippen LogP contribution in [0.3, 0.4) is 0 Å². The van der Waals surface area contributed by atoms with Crippen molar-refractivity contribution in [2.24, 2.45) is 0 Å². The van der Waals surface area contributed by atoms with Gasteiger partial charge in [-0.15, -0.1) is 0 Å². The Bertz CT molecular complexity index is 604. The van der Waals surface area contributed by atoms with Crippen LogP contribution in [0.25, 0.3) is 0 Å². The minimum atomic E-state index is -2.17. The average molecular weight is 310 g/mol. The topological polar surface area (TPSA) is 69.9 Å². The first kappa shape index (κ1) is 15.8. The van der Waals surface area contributed by atoms with E-state index >= 15 is 0 Å². The summed E-state index contributed by atoms with van der Waals surface area (Å²) in [6, 6.07) is 7.78. The Morgan fingerprint density at radius 3 is 2.24 bits per heavy atom. The van der Waals surface area contributed by atoms with Gasteiger partial charge in [-0.2, -0.15) is 8.42 Å². The van der Waals surface area contributed by atoms with Gasteiger partial charge in [0.15, 0.2) is 0 Å². The Balaban J connectivity index is 2.21. The van der Waals surface area contributed by atoms with Gasteiger partial charge in [0.05, 0.1) is 0 Å². The molecule has 1 aromatic rings. The van der Waals surface area contributed by atoms with E-state index in [9.17, 15) is 8.42 Å². The highest BCUT2D eigenvalue weighted by molar-refractivity contribution is 7.72. The summed E-state index contributed by atoms with van der Waals surface area (Å²) in [6.07, 6.45) is 0. The van der Waals surface area contributed by atoms with Crippen LogP contribution in [0, 0.1) is 0 Å². The number of rotatable bonds is 1. The Kier molecular flexibility index (Phi) is 5.22. The highest BCUT2D eigenvalue weighted by atomic mass is 32.2. The third kappa shape index (κ3) is 4.20. The molecule has 1 fully saturated rings. The summed E-state index contributed by atoms with van der Waals surface area (Å²) >= 11 is 0. The monoisotopic (exact) mass is 310 g/mol. The van der Waals surface area contributed by atoms with E-state index in [0.29, 0.717) is 18.1 Å². The Morgan fingerprint density at radius 2 is 1.62 bits per heavy atom. The smallest absolute Gasteiger partial charge is 0.229 e. The fraction of sp³-hybridized carbons (Fsp3) is 0.500. The van der Waals surface area contributed by atoms with E-state index in [4.69, 9.17) is 5.73 Å². The standard InChI is InChI=1S/C14H22N4O2S/c1-16-7-9-18(13-5-3-12(15)4-6-13)10-8-17(2)14(11-16)21(19)20/h3-6H,7-11,15H2,1-2H3. The Hall–Kier alpha value is -1.57. The first-order valence-corrected chi connectivity index (χ1v) is 8.00. The summed E-state index contributed by atoms with van der Waals surface area (Å²) in [7, 11) is 1.59. The third-order valence-corrected chi connectivity index (χ3v) is 4.56. The number of nitrogen functional groups attached to an aromatic ring is 1. The van der Waals surface area contributed by atoms with Crippen LogP contribution in [-0.4, -0.2) is 70.0 Å². The zero-order chi connectivity index (χ0) is 15.4. The molecule has 1 heterocycles. The zero-order valence-corrected chi connectivity index (χ0v) is 13.3. The molecule has 0 unspecified atom stereocenters. The molecule has 1 aliphatic heterocycles. The molecule has 0 atom stereocenters. The molecule has 0 bridgehead atoms. The molecule has 1 aliphatic rings. The normalized spacial score (nSPS) is 19.0. The lowest BCUT2D eigenvalue weighted by atomic mass is 10.2. The van der Waals surface area contributed by atoms with E-state index in [1.165, 1.54) is 0 Å². The first-order chi connectivity index (χ1) is 9.97. The molecule has 0 radical (unpaired) electrons. The maximum Gasteiger partial charge on any atom is 0.229 e. The Labute approximate surface area is 127 Å². The van der Waals surface area contributed by atoms with E-state index in [2.05, 4.69) is 4.90 Å². The summed E-state index contributed by atoms with van der Waals surface area (Å²) in [5, 5.41) is 0. The second-order valence-electron chi connectivity index (χ2n) is 5.37. The molecule has 2 rings (SSSR count). The fourth-order valence-corrected chi connectivity index (χ4v) is 3.02. The molecule has 7 heteroatoms. The summed E-state index contributed by atoms with van der Waals surface area (Å²) in [5.41, 5.74) is 7.58. The SMILES string of the molecule is CN1CCN(c2ccc(N)cc2)CCN(C)C(=S(=O)=O)C1. The summed E-state index contributed by atoms with van der Waals surface area (Å²) in [5.74, 6) is 0. The highest BCUT2D eigenvalue weighted by Gasteiger charge is 2.18. The predicted molar refractivity (Wildman–Crippen MR) is 87.1 cm³/mol. The van der Waals surface area contributed by atoms with Gasteiger partial charge in [0.2, 0.25) is 10.3 Å². The summed E-state index contributed by atoms with van der Waals surface area (Å²) < 4.78 is 22.7. The molecule has 0 amide bonds. The second kappa shape index (κ2) is 6.93. The summed E-state index contributed by atoms with van der Waals surface area (Å²) in [4.78, 5) is 6.53. The van der Waals surface area contributed by atoms with Gasteiger partial charge in [0.1, 0.15) is 4.99 Å². The van der Waals surface area contributed by atoms with Crippen molar-refractivity contribution in [2.75, 3.05) is 57.5 Å². The molecule has 1 aromatic carbocycles. The molecular weight excluding hydrogens is 288 g/mol. The molecular formula is C14H22N4O2S. The summed E-state index contributed by atoms with van der Waals surface area (Å²) in [6.45, 7) is 3.55. The third-order valence-electron chi connectivity index (χ3n) is 3.74. The molecule has 21 heavy (non-hydrogen) atoms. The quantitative estimate of drug-likeness (QED) is 0.580. The fourth-order valence-electron chi connectivity index (χ4n) is 2.35. The van der Waals surface area contributed by atoms with Crippen molar-refractivity contribution >= 4 is 26.7 Å². The molecule has 0 aliphatic carbocycles. The number of nitrogens with zero attached hydrogens (tertiary/aromatic N) is 3. The largest absolute Gasteiger partial charge is 0.399 e. The molecule has 1 saturated heterocycles. The van der Waals surface area contributed by atoms with Crippen molar-refractivity contribution in [3.63, 3.8) is 0 Å². The molecule has 2 N–H and O–H groups in total. The first-order valence-electron chi connectivity index (χ1n) is 6.92. The predicted octanol–water partition coefficient (Wildman–Crippen LogP) is -0.0386. The minimum absolute atomic E-state index is 0.441. The van der Waals surface area contributed by atoms with E-state index in [0.717, 1.165) is 31.0 Å². The van der Waals surface area contributed by atoms with Crippen LogP contribution in [0.1, 0.15) is 0 Å². The van der Waals surface area contributed by atoms with Gasteiger partial charge >= 0.3 is 0 Å². The van der Waals surface area contributed by atoms with Gasteiger partial charge in [-0.3, -0.25) is 9.80 Å². The van der Waals surface area contributed by atoms with Crippen LogP contribution in [0.5, 0.6) is 0 Å². The van der Waals surface area contributed by atoms with E-state index in [1.54, 1.807) is 0 Å². The van der Waals surface area contributed by atoms with Gasteiger partial charge < -0.3 is 10.6 Å². The van der Waals surface area contributed by atoms with Crippen molar-refractivity contribution in [2.45, 2.75) is 0 Å². The van der Waals surface area contributed by atoms with Crippen molar-refractivity contribution < 1.29 is 8.42 Å². The number of hydrogen-bond donors (Lipinski definition) is 1. The maximum absolute atomic E-state index is 11.3. The van der Waals surface area contributed by atoms with Gasteiger partial charge in [-0.1, -0.05) is 0 Å². The van der Waals surface area contributed by atoms with Crippen molar-refractivity contribution in [1.29, 1.82) is 0 Å². The number of nitrogens with two attached hydrogens (primary N) is 1. The molecule has 0 aromatic heterocycles. The number of anilines is 2. The van der Waals surface area contributed by atoms with Gasteiger partial charge in [0.25, 0.3) is 0 Å². The average Bonchev–Trinajstić information content (AvgIpc) is 2.51. The van der Waals surface area contributed by atoms with E-state index in [1.807, 2.05) is 48.2 Å². The second-order valence-corrected chi connectivity index (χ2v) is 6.31. The van der Waals surface area contributed by atoms with Crippen molar-refractivity contribution in [3.05, 3.63) is 24.3 Å². The van der Waals surface area contributed by atoms with E-state index < -0.39 is 10.3 Å². The molecule has 116 valence electrons. The highest BCUT2D eigenvalue weighted by Crippen LogP contribution is 2.16.